The standard InChI is InChI=1S/C7H7BrF2N2O/c8-4-1-2-5(12-11)6(3-4)13-7(9)10/h1-3,7,12H,11H2. The van der Waals surface area contributed by atoms with Gasteiger partial charge in [0.2, 0.25) is 0 Å². The van der Waals surface area contributed by atoms with Gasteiger partial charge in [-0.25, -0.2) is 0 Å². The van der Waals surface area contributed by atoms with Gasteiger partial charge in [0.25, 0.3) is 0 Å². The number of ether oxygens (including phenoxy) is 1. The van der Waals surface area contributed by atoms with Gasteiger partial charge in [-0.2, -0.15) is 8.78 Å². The van der Waals surface area contributed by atoms with Gasteiger partial charge >= 0.3 is 6.61 Å². The van der Waals surface area contributed by atoms with E-state index < -0.39 is 6.61 Å². The highest BCUT2D eigenvalue weighted by Crippen LogP contribution is 2.28. The van der Waals surface area contributed by atoms with Crippen LogP contribution in [0, 0.1) is 0 Å². The first-order chi connectivity index (χ1) is 6.13. The summed E-state index contributed by atoms with van der Waals surface area (Å²) >= 11 is 3.12. The third kappa shape index (κ3) is 2.82. The molecule has 1 aromatic carbocycles. The highest BCUT2D eigenvalue weighted by molar-refractivity contribution is 9.10. The summed E-state index contributed by atoms with van der Waals surface area (Å²) in [6.45, 7) is -2.86. The van der Waals surface area contributed by atoms with E-state index >= 15 is 0 Å². The van der Waals surface area contributed by atoms with Crippen LogP contribution >= 0.6 is 15.9 Å². The fourth-order valence-corrected chi connectivity index (χ4v) is 1.15. The quantitative estimate of drug-likeness (QED) is 0.642. The van der Waals surface area contributed by atoms with Crippen molar-refractivity contribution in [2.24, 2.45) is 5.84 Å². The van der Waals surface area contributed by atoms with E-state index in [0.717, 1.165) is 0 Å². The molecule has 1 aromatic rings. The lowest BCUT2D eigenvalue weighted by atomic mass is 10.3. The Morgan fingerprint density at radius 1 is 1.46 bits per heavy atom. The van der Waals surface area contributed by atoms with Crippen molar-refractivity contribution in [3.05, 3.63) is 22.7 Å². The van der Waals surface area contributed by atoms with Gasteiger partial charge < -0.3 is 10.2 Å². The van der Waals surface area contributed by atoms with Crippen molar-refractivity contribution in [3.8, 4) is 5.75 Å². The fraction of sp³-hybridized carbons (Fsp3) is 0.143. The molecule has 0 spiro atoms. The minimum atomic E-state index is -2.86. The number of nitrogen functional groups attached to an aromatic ring is 1. The molecule has 0 saturated carbocycles. The Morgan fingerprint density at radius 3 is 2.69 bits per heavy atom. The normalized spacial score (nSPS) is 10.2. The van der Waals surface area contributed by atoms with Crippen molar-refractivity contribution in [2.45, 2.75) is 6.61 Å². The second-order valence-electron chi connectivity index (χ2n) is 2.16. The van der Waals surface area contributed by atoms with Crippen molar-refractivity contribution in [2.75, 3.05) is 5.43 Å². The summed E-state index contributed by atoms with van der Waals surface area (Å²) < 4.78 is 28.6. The van der Waals surface area contributed by atoms with Crippen LogP contribution in [0.2, 0.25) is 0 Å². The number of benzene rings is 1. The number of halogens is 3. The number of hydrazine groups is 1. The second kappa shape index (κ2) is 4.38. The summed E-state index contributed by atoms with van der Waals surface area (Å²) in [5, 5.41) is 0. The van der Waals surface area contributed by atoms with E-state index in [4.69, 9.17) is 5.84 Å². The number of anilines is 1. The molecule has 0 heterocycles. The molecule has 0 atom stereocenters. The zero-order chi connectivity index (χ0) is 9.84. The van der Waals surface area contributed by atoms with Gasteiger partial charge in [0.05, 0.1) is 5.69 Å². The Labute approximate surface area is 82.0 Å². The number of rotatable bonds is 3. The lowest BCUT2D eigenvalue weighted by molar-refractivity contribution is -0.0494. The van der Waals surface area contributed by atoms with Gasteiger partial charge in [-0.1, -0.05) is 15.9 Å². The summed E-state index contributed by atoms with van der Waals surface area (Å²) in [5.41, 5.74) is 2.56. The third-order valence-electron chi connectivity index (χ3n) is 1.32. The molecule has 0 bridgehead atoms. The van der Waals surface area contributed by atoms with Crippen LogP contribution in [0.5, 0.6) is 5.75 Å². The van der Waals surface area contributed by atoms with Crippen molar-refractivity contribution < 1.29 is 13.5 Å². The molecule has 0 unspecified atom stereocenters. The molecule has 6 heteroatoms. The number of hydrogen-bond donors (Lipinski definition) is 2. The molecule has 0 aromatic heterocycles. The van der Waals surface area contributed by atoms with Crippen LogP contribution in [-0.4, -0.2) is 6.61 Å². The van der Waals surface area contributed by atoms with Crippen LogP contribution in [0.3, 0.4) is 0 Å². The van der Waals surface area contributed by atoms with E-state index in [9.17, 15) is 8.78 Å². The first kappa shape index (κ1) is 10.2. The van der Waals surface area contributed by atoms with Gasteiger partial charge in [-0.3, -0.25) is 5.84 Å². The zero-order valence-corrected chi connectivity index (χ0v) is 8.01. The van der Waals surface area contributed by atoms with Gasteiger partial charge in [-0.05, 0) is 18.2 Å². The molecule has 0 radical (unpaired) electrons. The average molecular weight is 253 g/mol. The molecule has 3 nitrogen and oxygen atoms in total. The van der Waals surface area contributed by atoms with Crippen LogP contribution in [0.1, 0.15) is 0 Å². The fourth-order valence-electron chi connectivity index (χ4n) is 0.809. The number of nitrogens with two attached hydrogens (primary N) is 1. The minimum Gasteiger partial charge on any atom is -0.433 e. The highest BCUT2D eigenvalue weighted by atomic mass is 79.9. The van der Waals surface area contributed by atoms with Crippen LogP contribution in [0.25, 0.3) is 0 Å². The van der Waals surface area contributed by atoms with E-state index in [1.807, 2.05) is 0 Å². The largest absolute Gasteiger partial charge is 0.433 e. The molecule has 0 aliphatic carbocycles. The van der Waals surface area contributed by atoms with E-state index in [2.05, 4.69) is 26.1 Å². The molecule has 13 heavy (non-hydrogen) atoms. The molecule has 3 N–H and O–H groups in total. The first-order valence-corrected chi connectivity index (χ1v) is 4.13. The Hall–Kier alpha value is -0.880. The average Bonchev–Trinajstić information content (AvgIpc) is 2.03. The summed E-state index contributed by atoms with van der Waals surface area (Å²) in [6, 6.07) is 4.59. The van der Waals surface area contributed by atoms with E-state index in [1.54, 1.807) is 6.07 Å². The van der Waals surface area contributed by atoms with Gasteiger partial charge in [0.1, 0.15) is 0 Å². The van der Waals surface area contributed by atoms with Crippen LogP contribution in [0.4, 0.5) is 14.5 Å². The van der Waals surface area contributed by atoms with Crippen molar-refractivity contribution >= 4 is 21.6 Å². The number of nitrogens with one attached hydrogen (secondary N) is 1. The lowest BCUT2D eigenvalue weighted by Gasteiger charge is -2.09. The first-order valence-electron chi connectivity index (χ1n) is 3.34. The van der Waals surface area contributed by atoms with E-state index in [0.29, 0.717) is 10.2 Å². The molecular formula is C7H7BrF2N2O. The second-order valence-corrected chi connectivity index (χ2v) is 3.08. The minimum absolute atomic E-state index is 0.00637. The Morgan fingerprint density at radius 2 is 2.15 bits per heavy atom. The van der Waals surface area contributed by atoms with Crippen LogP contribution < -0.4 is 16.0 Å². The molecule has 1 rings (SSSR count). The van der Waals surface area contributed by atoms with E-state index in [-0.39, 0.29) is 5.75 Å². The molecular weight excluding hydrogens is 246 g/mol. The lowest BCUT2D eigenvalue weighted by Crippen LogP contribution is -2.10. The van der Waals surface area contributed by atoms with Crippen LogP contribution in [-0.2, 0) is 0 Å². The van der Waals surface area contributed by atoms with Crippen LogP contribution in [0.15, 0.2) is 22.7 Å². The molecule has 0 amide bonds. The SMILES string of the molecule is NNc1ccc(Br)cc1OC(F)F. The zero-order valence-electron chi connectivity index (χ0n) is 6.43. The number of hydrogen-bond acceptors (Lipinski definition) is 3. The van der Waals surface area contributed by atoms with Gasteiger partial charge in [0, 0.05) is 4.47 Å². The van der Waals surface area contributed by atoms with Crippen molar-refractivity contribution in [1.29, 1.82) is 0 Å². The topological polar surface area (TPSA) is 47.3 Å². The molecule has 0 fully saturated rings. The smallest absolute Gasteiger partial charge is 0.387 e. The monoisotopic (exact) mass is 252 g/mol. The van der Waals surface area contributed by atoms with Gasteiger partial charge in [0.15, 0.2) is 5.75 Å². The van der Waals surface area contributed by atoms with Crippen molar-refractivity contribution in [1.82, 2.24) is 0 Å². The predicted molar refractivity (Wildman–Crippen MR) is 48.6 cm³/mol. The maximum atomic E-state index is 11.9. The number of alkyl halides is 2. The summed E-state index contributed by atoms with van der Waals surface area (Å²) in [6.07, 6.45) is 0. The predicted octanol–water partition coefficient (Wildman–Crippen LogP) is 2.34. The maximum Gasteiger partial charge on any atom is 0.387 e. The van der Waals surface area contributed by atoms with Gasteiger partial charge in [-0.15, -0.1) is 0 Å². The molecule has 72 valence electrons. The van der Waals surface area contributed by atoms with Crippen molar-refractivity contribution in [3.63, 3.8) is 0 Å². The summed E-state index contributed by atoms with van der Waals surface area (Å²) in [4.78, 5) is 0. The highest BCUT2D eigenvalue weighted by Gasteiger charge is 2.08. The summed E-state index contributed by atoms with van der Waals surface area (Å²) in [7, 11) is 0. The molecule has 0 aliphatic heterocycles. The van der Waals surface area contributed by atoms with E-state index in [1.165, 1.54) is 12.1 Å². The molecule has 0 saturated heterocycles. The maximum absolute atomic E-state index is 11.9. The molecule has 0 aliphatic rings. The Balaban J connectivity index is 2.94. The Bertz CT molecular complexity index is 296. The Kier molecular flexibility index (Phi) is 3.44. The third-order valence-corrected chi connectivity index (χ3v) is 1.81. The summed E-state index contributed by atoms with van der Waals surface area (Å²) in [5.74, 6) is 5.09.